The normalized spacial score (nSPS) is 41.0. The molecule has 3 aliphatic heterocycles. The smallest absolute Gasteiger partial charge is 0.337 e. The summed E-state index contributed by atoms with van der Waals surface area (Å²) in [6, 6.07) is 6.44. The van der Waals surface area contributed by atoms with Crippen molar-refractivity contribution in [2.75, 3.05) is 19.8 Å². The van der Waals surface area contributed by atoms with Crippen LogP contribution in [0.4, 0.5) is 0 Å². The standard InChI is InChI=1S/C30H40O16/c1-12-17(33)8-15-16(27(40)41-7-6-13-2-4-14(32)5-3-13)10-42-28(20(12)15)46-30-26(39)24(37)22(35)19(45-30)11-43-29-25(38)23(36)21(34)18(9-31)44-29/h2-5,10,12,15,18-26,28-32,34-39H,6-9,11H2,1H3/t12-,15+,18+,19+,20+,21+,22+,23-,24-,25+,26+,28-,29+,30-/m0/s1. The van der Waals surface area contributed by atoms with Gasteiger partial charge in [-0.2, -0.15) is 0 Å². The van der Waals surface area contributed by atoms with Gasteiger partial charge < -0.3 is 69.3 Å². The number of rotatable bonds is 10. The fourth-order valence-corrected chi connectivity index (χ4v) is 6.19. The minimum Gasteiger partial charge on any atom is -0.508 e. The van der Waals surface area contributed by atoms with E-state index < -0.39 is 105 Å². The van der Waals surface area contributed by atoms with Gasteiger partial charge in [-0.15, -0.1) is 0 Å². The van der Waals surface area contributed by atoms with Crippen LogP contribution in [0, 0.1) is 17.8 Å². The molecule has 3 heterocycles. The summed E-state index contributed by atoms with van der Waals surface area (Å²) in [6.45, 7) is 0.447. The number of ether oxygens (including phenoxy) is 6. The van der Waals surface area contributed by atoms with Crippen molar-refractivity contribution in [1.29, 1.82) is 0 Å². The van der Waals surface area contributed by atoms with Crippen molar-refractivity contribution in [2.24, 2.45) is 17.8 Å². The number of phenols is 1. The van der Waals surface area contributed by atoms with Crippen LogP contribution in [-0.2, 0) is 44.4 Å². The van der Waals surface area contributed by atoms with E-state index in [4.69, 9.17) is 28.4 Å². The quantitative estimate of drug-likeness (QED) is 0.118. The number of aliphatic hydroxyl groups excluding tert-OH is 7. The number of hydrogen-bond acceptors (Lipinski definition) is 16. The molecule has 1 saturated carbocycles. The summed E-state index contributed by atoms with van der Waals surface area (Å²) in [4.78, 5) is 25.8. The molecule has 0 unspecified atom stereocenters. The highest BCUT2D eigenvalue weighted by atomic mass is 16.8. The lowest BCUT2D eigenvalue weighted by Gasteiger charge is -2.44. The zero-order valence-corrected chi connectivity index (χ0v) is 24.8. The van der Waals surface area contributed by atoms with Crippen molar-refractivity contribution >= 4 is 11.8 Å². The number of ketones is 1. The maximum absolute atomic E-state index is 13.0. The van der Waals surface area contributed by atoms with Crippen LogP contribution >= 0.6 is 0 Å². The van der Waals surface area contributed by atoms with Crippen molar-refractivity contribution < 1.29 is 78.9 Å². The van der Waals surface area contributed by atoms with Gasteiger partial charge in [-0.25, -0.2) is 4.79 Å². The van der Waals surface area contributed by atoms with Gasteiger partial charge in [-0.05, 0) is 17.7 Å². The number of Topliss-reactive ketones (excluding diaryl/α,β-unsaturated/α-hetero) is 1. The second-order valence-electron chi connectivity index (χ2n) is 12.0. The van der Waals surface area contributed by atoms with E-state index in [1.165, 1.54) is 12.1 Å². The average Bonchev–Trinajstić information content (AvgIpc) is 3.35. The molecule has 1 aliphatic carbocycles. The molecule has 0 bridgehead atoms. The SMILES string of the molecule is C[C@H]1C(=O)C[C@@H]2C(C(=O)OCCc3ccc(O)cc3)=CO[C@@H](O[C@@H]3O[C@H](CO[C@@H]4O[C@H](CO)[C@@H](O)[C@H](O)[C@H]4O)[C@@H](O)[C@H](O)[C@H]3O)[C@@H]21. The first-order chi connectivity index (χ1) is 21.9. The Morgan fingerprint density at radius 3 is 2.17 bits per heavy atom. The minimum atomic E-state index is -1.79. The summed E-state index contributed by atoms with van der Waals surface area (Å²) in [5.74, 6) is -2.66. The van der Waals surface area contributed by atoms with Gasteiger partial charge >= 0.3 is 5.97 Å². The molecule has 256 valence electrons. The number of phenolic OH excluding ortho intramolecular Hbond substituents is 1. The van der Waals surface area contributed by atoms with Gasteiger partial charge in [0.05, 0.1) is 31.7 Å². The van der Waals surface area contributed by atoms with Crippen LogP contribution in [-0.4, -0.2) is 140 Å². The molecule has 46 heavy (non-hydrogen) atoms. The summed E-state index contributed by atoms with van der Waals surface area (Å²) < 4.78 is 33.5. The molecule has 1 aromatic carbocycles. The largest absolute Gasteiger partial charge is 0.508 e. The zero-order valence-electron chi connectivity index (χ0n) is 24.8. The minimum absolute atomic E-state index is 0.0128. The fourth-order valence-electron chi connectivity index (χ4n) is 6.19. The molecule has 1 aromatic rings. The van der Waals surface area contributed by atoms with E-state index >= 15 is 0 Å². The van der Waals surface area contributed by atoms with Crippen LogP contribution in [0.25, 0.3) is 0 Å². The molecular formula is C30H40O16. The van der Waals surface area contributed by atoms with Crippen molar-refractivity contribution in [1.82, 2.24) is 0 Å². The number of benzene rings is 1. The monoisotopic (exact) mass is 656 g/mol. The summed E-state index contributed by atoms with van der Waals surface area (Å²) in [5, 5.41) is 80.8. The number of carbonyl (C=O) groups excluding carboxylic acids is 2. The zero-order chi connectivity index (χ0) is 33.3. The van der Waals surface area contributed by atoms with Gasteiger partial charge in [0.15, 0.2) is 12.6 Å². The Balaban J connectivity index is 1.23. The molecule has 0 spiro atoms. The van der Waals surface area contributed by atoms with Crippen molar-refractivity contribution in [3.63, 3.8) is 0 Å². The Kier molecular flexibility index (Phi) is 11.0. The third kappa shape index (κ3) is 7.07. The Hall–Kier alpha value is -2.74. The van der Waals surface area contributed by atoms with E-state index in [1.54, 1.807) is 19.1 Å². The third-order valence-corrected chi connectivity index (χ3v) is 9.02. The number of aliphatic hydroxyl groups is 7. The van der Waals surface area contributed by atoms with Crippen LogP contribution in [0.1, 0.15) is 18.9 Å². The average molecular weight is 657 g/mol. The lowest BCUT2D eigenvalue weighted by molar-refractivity contribution is -0.354. The first-order valence-corrected chi connectivity index (χ1v) is 15.0. The second kappa shape index (κ2) is 14.6. The molecule has 0 amide bonds. The summed E-state index contributed by atoms with van der Waals surface area (Å²) in [6.07, 6.45) is -15.8. The number of fused-ring (bicyclic) bond motifs is 1. The van der Waals surface area contributed by atoms with Gasteiger partial charge in [-0.1, -0.05) is 19.1 Å². The van der Waals surface area contributed by atoms with Crippen molar-refractivity contribution in [3.8, 4) is 5.75 Å². The first kappa shape index (κ1) is 34.6. The Morgan fingerprint density at radius 2 is 1.50 bits per heavy atom. The van der Waals surface area contributed by atoms with Gasteiger partial charge in [-0.3, -0.25) is 4.79 Å². The van der Waals surface area contributed by atoms with Crippen LogP contribution in [0.15, 0.2) is 36.1 Å². The van der Waals surface area contributed by atoms with E-state index in [0.717, 1.165) is 11.8 Å². The van der Waals surface area contributed by atoms with E-state index in [2.05, 4.69) is 0 Å². The number of esters is 1. The summed E-state index contributed by atoms with van der Waals surface area (Å²) >= 11 is 0. The van der Waals surface area contributed by atoms with Crippen LogP contribution in [0.2, 0.25) is 0 Å². The molecular weight excluding hydrogens is 616 g/mol. The molecule has 0 radical (unpaired) electrons. The Bertz CT molecular complexity index is 1240. The summed E-state index contributed by atoms with van der Waals surface area (Å²) in [5.41, 5.74) is 0.977. The topological polar surface area (TPSA) is 251 Å². The predicted octanol–water partition coefficient (Wildman–Crippen LogP) is -2.80. The van der Waals surface area contributed by atoms with Gasteiger partial charge in [0.1, 0.15) is 60.4 Å². The maximum atomic E-state index is 13.0. The van der Waals surface area contributed by atoms with Gasteiger partial charge in [0.25, 0.3) is 0 Å². The highest BCUT2D eigenvalue weighted by molar-refractivity contribution is 5.93. The van der Waals surface area contributed by atoms with Crippen molar-refractivity contribution in [2.45, 2.75) is 87.5 Å². The number of hydrogen-bond donors (Lipinski definition) is 8. The van der Waals surface area contributed by atoms with E-state index in [-0.39, 0.29) is 30.1 Å². The summed E-state index contributed by atoms with van der Waals surface area (Å²) in [7, 11) is 0. The molecule has 14 atom stereocenters. The van der Waals surface area contributed by atoms with E-state index in [0.29, 0.717) is 6.42 Å². The molecule has 4 aliphatic rings. The first-order valence-electron chi connectivity index (χ1n) is 15.0. The molecule has 3 fully saturated rings. The van der Waals surface area contributed by atoms with Crippen LogP contribution < -0.4 is 0 Å². The van der Waals surface area contributed by atoms with Crippen LogP contribution in [0.5, 0.6) is 5.75 Å². The molecule has 0 aromatic heterocycles. The molecule has 16 heteroatoms. The lowest BCUT2D eigenvalue weighted by Crippen LogP contribution is -2.62. The fraction of sp³-hybridized carbons (Fsp3) is 0.667. The van der Waals surface area contributed by atoms with Gasteiger partial charge in [0, 0.05) is 30.6 Å². The van der Waals surface area contributed by atoms with E-state index in [1.807, 2.05) is 0 Å². The van der Waals surface area contributed by atoms with E-state index in [9.17, 15) is 50.4 Å². The molecule has 8 N–H and O–H groups in total. The molecule has 16 nitrogen and oxygen atoms in total. The number of carbonyl (C=O) groups is 2. The second-order valence-corrected chi connectivity index (χ2v) is 12.0. The molecule has 5 rings (SSSR count). The maximum Gasteiger partial charge on any atom is 0.337 e. The molecule has 2 saturated heterocycles. The highest BCUT2D eigenvalue weighted by Crippen LogP contribution is 2.46. The lowest BCUT2D eigenvalue weighted by atomic mass is 9.83. The number of aromatic hydroxyl groups is 1. The third-order valence-electron chi connectivity index (χ3n) is 9.02. The Labute approximate surface area is 263 Å². The van der Waals surface area contributed by atoms with Gasteiger partial charge in [0.2, 0.25) is 6.29 Å². The van der Waals surface area contributed by atoms with Crippen LogP contribution in [0.3, 0.4) is 0 Å². The predicted molar refractivity (Wildman–Crippen MR) is 149 cm³/mol. The highest BCUT2D eigenvalue weighted by Gasteiger charge is 2.54. The Morgan fingerprint density at radius 1 is 0.870 bits per heavy atom. The van der Waals surface area contributed by atoms with Crippen molar-refractivity contribution in [3.05, 3.63) is 41.7 Å².